The number of hydrogen-bond donors (Lipinski definition) is 1. The summed E-state index contributed by atoms with van der Waals surface area (Å²) in [6, 6.07) is 0. The lowest BCUT2D eigenvalue weighted by Gasteiger charge is -2.34. The van der Waals surface area contributed by atoms with Gasteiger partial charge in [-0.05, 0) is 31.6 Å². The molecular formula is C10H17NO2. The normalized spacial score (nSPS) is 32.5. The minimum atomic E-state index is -0.102. The molecule has 0 atom stereocenters. The van der Waals surface area contributed by atoms with Gasteiger partial charge in [0.15, 0.2) is 0 Å². The molecule has 0 heterocycles. The van der Waals surface area contributed by atoms with Gasteiger partial charge in [0.1, 0.15) is 0 Å². The molecule has 2 fully saturated rings. The first-order chi connectivity index (χ1) is 6.16. The number of carbonyl (C=O) groups is 1. The third-order valence-corrected chi connectivity index (χ3v) is 3.05. The van der Waals surface area contributed by atoms with E-state index in [4.69, 9.17) is 5.11 Å². The molecule has 2 rings (SSSR count). The lowest BCUT2D eigenvalue weighted by Crippen LogP contribution is -2.40. The summed E-state index contributed by atoms with van der Waals surface area (Å²) in [4.78, 5) is 13.4. The monoisotopic (exact) mass is 183 g/mol. The number of rotatable bonds is 3. The Morgan fingerprint density at radius 2 is 2.08 bits per heavy atom. The fourth-order valence-electron chi connectivity index (χ4n) is 1.97. The van der Waals surface area contributed by atoms with Crippen LogP contribution in [0.3, 0.4) is 0 Å². The molecule has 3 nitrogen and oxygen atoms in total. The molecule has 2 saturated carbocycles. The molecule has 0 radical (unpaired) electrons. The molecule has 1 N–H and O–H groups in total. The maximum atomic E-state index is 11.5. The minimum Gasteiger partial charge on any atom is -0.393 e. The molecular weight excluding hydrogens is 166 g/mol. The lowest BCUT2D eigenvalue weighted by molar-refractivity contribution is -0.132. The van der Waals surface area contributed by atoms with Crippen molar-refractivity contribution in [2.45, 2.75) is 31.8 Å². The van der Waals surface area contributed by atoms with Crippen LogP contribution in [0.4, 0.5) is 0 Å². The summed E-state index contributed by atoms with van der Waals surface area (Å²) >= 11 is 0. The molecule has 0 spiro atoms. The Hall–Kier alpha value is -0.570. The molecule has 2 aliphatic carbocycles. The van der Waals surface area contributed by atoms with Crippen molar-refractivity contribution >= 4 is 5.91 Å². The van der Waals surface area contributed by atoms with Gasteiger partial charge in [-0.2, -0.15) is 0 Å². The van der Waals surface area contributed by atoms with E-state index in [0.717, 1.165) is 32.2 Å². The first-order valence-electron chi connectivity index (χ1n) is 5.10. The molecule has 13 heavy (non-hydrogen) atoms. The van der Waals surface area contributed by atoms with Gasteiger partial charge in [0.05, 0.1) is 6.10 Å². The lowest BCUT2D eigenvalue weighted by atomic mass is 9.82. The molecule has 0 saturated heterocycles. The van der Waals surface area contributed by atoms with Crippen LogP contribution >= 0.6 is 0 Å². The standard InChI is InChI=1S/C10H17NO2/c1-11(10(13)8-2-3-8)6-7-4-9(12)5-7/h7-9,12H,2-6H2,1H3. The Labute approximate surface area is 78.7 Å². The molecule has 0 aromatic rings. The molecule has 0 aromatic heterocycles. The van der Waals surface area contributed by atoms with Gasteiger partial charge in [0.2, 0.25) is 5.91 Å². The van der Waals surface area contributed by atoms with Crippen molar-refractivity contribution in [3.8, 4) is 0 Å². The first-order valence-corrected chi connectivity index (χ1v) is 5.10. The highest BCUT2D eigenvalue weighted by Crippen LogP contribution is 2.32. The summed E-state index contributed by atoms with van der Waals surface area (Å²) in [5, 5.41) is 9.09. The van der Waals surface area contributed by atoms with Gasteiger partial charge in [0.25, 0.3) is 0 Å². The summed E-state index contributed by atoms with van der Waals surface area (Å²) in [5.41, 5.74) is 0. The highest BCUT2D eigenvalue weighted by Gasteiger charge is 2.34. The van der Waals surface area contributed by atoms with E-state index >= 15 is 0 Å². The van der Waals surface area contributed by atoms with Crippen molar-refractivity contribution in [2.75, 3.05) is 13.6 Å². The maximum Gasteiger partial charge on any atom is 0.225 e. The zero-order valence-electron chi connectivity index (χ0n) is 8.07. The van der Waals surface area contributed by atoms with Crippen molar-refractivity contribution in [2.24, 2.45) is 11.8 Å². The Bertz CT molecular complexity index is 207. The van der Waals surface area contributed by atoms with Crippen molar-refractivity contribution in [1.29, 1.82) is 0 Å². The van der Waals surface area contributed by atoms with Gasteiger partial charge in [-0.15, -0.1) is 0 Å². The maximum absolute atomic E-state index is 11.5. The predicted molar refractivity (Wildman–Crippen MR) is 49.1 cm³/mol. The van der Waals surface area contributed by atoms with E-state index in [1.54, 1.807) is 0 Å². The van der Waals surface area contributed by atoms with E-state index in [1.807, 2.05) is 11.9 Å². The summed E-state index contributed by atoms with van der Waals surface area (Å²) in [7, 11) is 1.88. The molecule has 74 valence electrons. The van der Waals surface area contributed by atoms with Gasteiger partial charge in [-0.3, -0.25) is 4.79 Å². The van der Waals surface area contributed by atoms with E-state index in [0.29, 0.717) is 17.7 Å². The smallest absolute Gasteiger partial charge is 0.225 e. The Balaban J connectivity index is 1.71. The minimum absolute atomic E-state index is 0.102. The molecule has 0 bridgehead atoms. The number of aliphatic hydroxyl groups excluding tert-OH is 1. The van der Waals surface area contributed by atoms with Crippen molar-refractivity contribution in [3.05, 3.63) is 0 Å². The van der Waals surface area contributed by atoms with Crippen LogP contribution in [-0.4, -0.2) is 35.6 Å². The Kier molecular flexibility index (Phi) is 2.28. The fourth-order valence-corrected chi connectivity index (χ4v) is 1.97. The van der Waals surface area contributed by atoms with Crippen molar-refractivity contribution in [3.63, 3.8) is 0 Å². The highest BCUT2D eigenvalue weighted by atomic mass is 16.3. The summed E-state index contributed by atoms with van der Waals surface area (Å²) < 4.78 is 0. The number of amides is 1. The molecule has 0 unspecified atom stereocenters. The SMILES string of the molecule is CN(CC1CC(O)C1)C(=O)C1CC1. The summed E-state index contributed by atoms with van der Waals surface area (Å²) in [6.45, 7) is 0.840. The van der Waals surface area contributed by atoms with Crippen LogP contribution in [0.1, 0.15) is 25.7 Å². The van der Waals surface area contributed by atoms with Crippen LogP contribution in [0.15, 0.2) is 0 Å². The van der Waals surface area contributed by atoms with Crippen LogP contribution in [-0.2, 0) is 4.79 Å². The summed E-state index contributed by atoms with van der Waals surface area (Å²) in [5.74, 6) is 1.18. The van der Waals surface area contributed by atoms with E-state index in [2.05, 4.69) is 0 Å². The first kappa shape index (κ1) is 9.00. The second kappa shape index (κ2) is 3.29. The second-order valence-electron chi connectivity index (χ2n) is 4.48. The van der Waals surface area contributed by atoms with Crippen molar-refractivity contribution in [1.82, 2.24) is 4.90 Å². The Morgan fingerprint density at radius 1 is 1.46 bits per heavy atom. The van der Waals surface area contributed by atoms with Crippen LogP contribution in [0.5, 0.6) is 0 Å². The third kappa shape index (κ3) is 2.02. The third-order valence-electron chi connectivity index (χ3n) is 3.05. The van der Waals surface area contributed by atoms with Crippen LogP contribution in [0, 0.1) is 11.8 Å². The molecule has 1 amide bonds. The van der Waals surface area contributed by atoms with E-state index in [-0.39, 0.29) is 6.10 Å². The van der Waals surface area contributed by atoms with Crippen LogP contribution in [0.2, 0.25) is 0 Å². The van der Waals surface area contributed by atoms with E-state index < -0.39 is 0 Å². The van der Waals surface area contributed by atoms with Crippen molar-refractivity contribution < 1.29 is 9.90 Å². The van der Waals surface area contributed by atoms with Gasteiger partial charge >= 0.3 is 0 Å². The summed E-state index contributed by atoms with van der Waals surface area (Å²) in [6.07, 6.45) is 3.81. The Morgan fingerprint density at radius 3 is 2.54 bits per heavy atom. The molecule has 0 aliphatic heterocycles. The highest BCUT2D eigenvalue weighted by molar-refractivity contribution is 5.80. The average Bonchev–Trinajstić information content (AvgIpc) is 2.82. The van der Waals surface area contributed by atoms with Crippen LogP contribution in [0.25, 0.3) is 0 Å². The zero-order valence-corrected chi connectivity index (χ0v) is 8.07. The van der Waals surface area contributed by atoms with E-state index in [9.17, 15) is 4.79 Å². The van der Waals surface area contributed by atoms with E-state index in [1.165, 1.54) is 0 Å². The fraction of sp³-hybridized carbons (Fsp3) is 0.900. The van der Waals surface area contributed by atoms with Gasteiger partial charge in [0, 0.05) is 19.5 Å². The molecule has 3 heteroatoms. The number of nitrogens with zero attached hydrogens (tertiary/aromatic N) is 1. The van der Waals surface area contributed by atoms with Gasteiger partial charge < -0.3 is 10.0 Å². The zero-order chi connectivity index (χ0) is 9.42. The second-order valence-corrected chi connectivity index (χ2v) is 4.48. The predicted octanol–water partition coefficient (Wildman–Crippen LogP) is 0.626. The molecule has 2 aliphatic rings. The topological polar surface area (TPSA) is 40.5 Å². The molecule has 0 aromatic carbocycles. The average molecular weight is 183 g/mol. The quantitative estimate of drug-likeness (QED) is 0.697. The number of aliphatic hydroxyl groups is 1. The van der Waals surface area contributed by atoms with Crippen LogP contribution < -0.4 is 0 Å². The number of hydrogen-bond acceptors (Lipinski definition) is 2. The largest absolute Gasteiger partial charge is 0.393 e. The number of carbonyl (C=O) groups excluding carboxylic acids is 1. The van der Waals surface area contributed by atoms with Gasteiger partial charge in [-0.25, -0.2) is 0 Å². The van der Waals surface area contributed by atoms with Gasteiger partial charge in [-0.1, -0.05) is 0 Å².